The molecule has 2 unspecified atom stereocenters. The van der Waals surface area contributed by atoms with E-state index in [0.29, 0.717) is 36.5 Å². The number of ether oxygens (including phenoxy) is 2. The summed E-state index contributed by atoms with van der Waals surface area (Å²) in [5.74, 6) is 1.42. The lowest BCUT2D eigenvalue weighted by atomic mass is 9.86. The van der Waals surface area contributed by atoms with Crippen molar-refractivity contribution in [3.05, 3.63) is 48.3 Å². The minimum absolute atomic E-state index is 0.182. The van der Waals surface area contributed by atoms with E-state index in [9.17, 15) is 5.11 Å². The summed E-state index contributed by atoms with van der Waals surface area (Å²) in [6.07, 6.45) is 4.45. The zero-order chi connectivity index (χ0) is 17.8. The van der Waals surface area contributed by atoms with Crippen LogP contribution >= 0.6 is 0 Å². The quantitative estimate of drug-likeness (QED) is 0.862. The fourth-order valence-corrected chi connectivity index (χ4v) is 3.46. The van der Waals surface area contributed by atoms with E-state index in [1.807, 2.05) is 12.3 Å². The van der Waals surface area contributed by atoms with Gasteiger partial charge in [0.15, 0.2) is 0 Å². The minimum atomic E-state index is 0.182. The van der Waals surface area contributed by atoms with Crippen molar-refractivity contribution in [3.63, 3.8) is 0 Å². The molecule has 0 radical (unpaired) electrons. The van der Waals surface area contributed by atoms with Gasteiger partial charge in [0.1, 0.15) is 11.5 Å². The summed E-state index contributed by atoms with van der Waals surface area (Å²) in [4.78, 5) is 0. The Morgan fingerprint density at radius 1 is 1.44 bits per heavy atom. The second kappa shape index (κ2) is 7.74. The number of benzene rings is 1. The topological polar surface area (TPSA) is 56.5 Å². The van der Waals surface area contributed by atoms with Gasteiger partial charge in [0.2, 0.25) is 0 Å². The SMILES string of the molecule is C=Cc1c(O)cccc1OCC1COCCC1c1ccnn1C(C)C. The van der Waals surface area contributed by atoms with E-state index >= 15 is 0 Å². The van der Waals surface area contributed by atoms with Gasteiger partial charge in [0, 0.05) is 36.4 Å². The number of aromatic hydroxyl groups is 1. The van der Waals surface area contributed by atoms with E-state index in [4.69, 9.17) is 9.47 Å². The van der Waals surface area contributed by atoms with Gasteiger partial charge in [-0.1, -0.05) is 18.7 Å². The Labute approximate surface area is 148 Å². The highest BCUT2D eigenvalue weighted by Crippen LogP contribution is 2.35. The zero-order valence-corrected chi connectivity index (χ0v) is 14.9. The monoisotopic (exact) mass is 342 g/mol. The van der Waals surface area contributed by atoms with Crippen LogP contribution in [-0.2, 0) is 4.74 Å². The van der Waals surface area contributed by atoms with Gasteiger partial charge < -0.3 is 14.6 Å². The Balaban J connectivity index is 1.77. The molecule has 0 aliphatic carbocycles. The smallest absolute Gasteiger partial charge is 0.130 e. The van der Waals surface area contributed by atoms with Gasteiger partial charge in [-0.25, -0.2) is 0 Å². The lowest BCUT2D eigenvalue weighted by Gasteiger charge is -2.32. The highest BCUT2D eigenvalue weighted by molar-refractivity contribution is 5.62. The molecule has 0 spiro atoms. The number of nitrogens with zero attached hydrogens (tertiary/aromatic N) is 2. The molecule has 2 aromatic rings. The van der Waals surface area contributed by atoms with Gasteiger partial charge in [-0.15, -0.1) is 0 Å². The Kier molecular flexibility index (Phi) is 5.43. The summed E-state index contributed by atoms with van der Waals surface area (Å²) in [6, 6.07) is 7.70. The molecule has 1 saturated heterocycles. The summed E-state index contributed by atoms with van der Waals surface area (Å²) < 4.78 is 13.8. The predicted molar refractivity (Wildman–Crippen MR) is 98.0 cm³/mol. The highest BCUT2D eigenvalue weighted by Gasteiger charge is 2.30. The average molecular weight is 342 g/mol. The van der Waals surface area contributed by atoms with E-state index < -0.39 is 0 Å². The largest absolute Gasteiger partial charge is 0.507 e. The molecule has 2 heterocycles. The molecule has 0 saturated carbocycles. The average Bonchev–Trinajstić information content (AvgIpc) is 3.10. The molecule has 3 rings (SSSR count). The van der Waals surface area contributed by atoms with Crippen molar-refractivity contribution in [2.45, 2.75) is 32.2 Å². The van der Waals surface area contributed by atoms with Crippen LogP contribution in [0.4, 0.5) is 0 Å². The number of phenols is 1. The van der Waals surface area contributed by atoms with E-state index in [-0.39, 0.29) is 11.7 Å². The normalized spacial score (nSPS) is 20.6. The molecular formula is C20H26N2O3. The molecule has 134 valence electrons. The molecule has 0 amide bonds. The molecule has 1 aliphatic rings. The molecule has 1 N–H and O–H groups in total. The molecule has 5 heteroatoms. The maximum absolute atomic E-state index is 9.94. The number of rotatable bonds is 6. The number of aromatic nitrogens is 2. The minimum Gasteiger partial charge on any atom is -0.507 e. The third-order valence-electron chi connectivity index (χ3n) is 4.74. The van der Waals surface area contributed by atoms with Crippen LogP contribution in [0.1, 0.15) is 43.5 Å². The Morgan fingerprint density at radius 2 is 2.28 bits per heavy atom. The van der Waals surface area contributed by atoms with Crippen LogP contribution in [0.5, 0.6) is 11.5 Å². The van der Waals surface area contributed by atoms with E-state index in [2.05, 4.69) is 36.3 Å². The summed E-state index contributed by atoms with van der Waals surface area (Å²) >= 11 is 0. The molecule has 25 heavy (non-hydrogen) atoms. The fourth-order valence-electron chi connectivity index (χ4n) is 3.46. The van der Waals surface area contributed by atoms with Crippen molar-refractivity contribution in [1.82, 2.24) is 9.78 Å². The van der Waals surface area contributed by atoms with Crippen molar-refractivity contribution in [3.8, 4) is 11.5 Å². The van der Waals surface area contributed by atoms with Crippen LogP contribution in [0, 0.1) is 5.92 Å². The van der Waals surface area contributed by atoms with E-state index in [1.165, 1.54) is 5.69 Å². The standard InChI is InChI=1S/C20H26N2O3/c1-4-16-19(23)6-5-7-20(16)25-13-15-12-24-11-9-17(15)18-8-10-21-22(18)14(2)3/h4-8,10,14-15,17,23H,1,9,11-13H2,2-3H3. The van der Waals surface area contributed by atoms with Gasteiger partial charge in [-0.2, -0.15) is 5.10 Å². The van der Waals surface area contributed by atoms with Crippen molar-refractivity contribution in [1.29, 1.82) is 0 Å². The van der Waals surface area contributed by atoms with E-state index in [1.54, 1.807) is 18.2 Å². The first-order chi connectivity index (χ1) is 12.1. The molecule has 1 fully saturated rings. The Morgan fingerprint density at radius 3 is 3.04 bits per heavy atom. The van der Waals surface area contributed by atoms with Crippen LogP contribution in [-0.4, -0.2) is 34.7 Å². The Hall–Kier alpha value is -2.27. The molecule has 0 bridgehead atoms. The molecular weight excluding hydrogens is 316 g/mol. The maximum Gasteiger partial charge on any atom is 0.130 e. The lowest BCUT2D eigenvalue weighted by molar-refractivity contribution is 0.0183. The second-order valence-corrected chi connectivity index (χ2v) is 6.73. The molecule has 1 aliphatic heterocycles. The van der Waals surface area contributed by atoms with Crippen LogP contribution in [0.3, 0.4) is 0 Å². The summed E-state index contributed by atoms with van der Waals surface area (Å²) in [6.45, 7) is 9.99. The van der Waals surface area contributed by atoms with Crippen molar-refractivity contribution in [2.24, 2.45) is 5.92 Å². The third kappa shape index (κ3) is 3.71. The van der Waals surface area contributed by atoms with Gasteiger partial charge in [0.25, 0.3) is 0 Å². The van der Waals surface area contributed by atoms with Crippen molar-refractivity contribution >= 4 is 6.08 Å². The summed E-state index contributed by atoms with van der Waals surface area (Å²) in [5.41, 5.74) is 1.87. The first kappa shape index (κ1) is 17.5. The molecule has 1 aromatic carbocycles. The summed E-state index contributed by atoms with van der Waals surface area (Å²) in [5, 5.41) is 14.4. The first-order valence-electron chi connectivity index (χ1n) is 8.80. The number of hydrogen-bond donors (Lipinski definition) is 1. The van der Waals surface area contributed by atoms with E-state index in [0.717, 1.165) is 13.0 Å². The van der Waals surface area contributed by atoms with Gasteiger partial charge >= 0.3 is 0 Å². The van der Waals surface area contributed by atoms with Crippen LogP contribution < -0.4 is 4.74 Å². The molecule has 2 atom stereocenters. The highest BCUT2D eigenvalue weighted by atomic mass is 16.5. The van der Waals surface area contributed by atoms with Crippen LogP contribution in [0.25, 0.3) is 6.08 Å². The second-order valence-electron chi connectivity index (χ2n) is 6.73. The predicted octanol–water partition coefficient (Wildman–Crippen LogP) is 4.01. The summed E-state index contributed by atoms with van der Waals surface area (Å²) in [7, 11) is 0. The zero-order valence-electron chi connectivity index (χ0n) is 14.9. The molecule has 1 aromatic heterocycles. The van der Waals surface area contributed by atoms with Crippen molar-refractivity contribution < 1.29 is 14.6 Å². The first-order valence-corrected chi connectivity index (χ1v) is 8.80. The maximum atomic E-state index is 9.94. The number of phenolic OH excluding ortho intramolecular Hbond substituents is 1. The molecule has 5 nitrogen and oxygen atoms in total. The van der Waals surface area contributed by atoms with Gasteiger partial charge in [0.05, 0.1) is 18.8 Å². The number of hydrogen-bond acceptors (Lipinski definition) is 4. The Bertz CT molecular complexity index is 723. The van der Waals surface area contributed by atoms with Crippen molar-refractivity contribution in [2.75, 3.05) is 19.8 Å². The fraction of sp³-hybridized carbons (Fsp3) is 0.450. The van der Waals surface area contributed by atoms with Gasteiger partial charge in [-0.05, 0) is 38.5 Å². The lowest BCUT2D eigenvalue weighted by Crippen LogP contribution is -2.32. The van der Waals surface area contributed by atoms with Gasteiger partial charge in [-0.3, -0.25) is 4.68 Å². The van der Waals surface area contributed by atoms with Crippen LogP contribution in [0.2, 0.25) is 0 Å². The third-order valence-corrected chi connectivity index (χ3v) is 4.74. The van der Waals surface area contributed by atoms with Crippen LogP contribution in [0.15, 0.2) is 37.0 Å².